The Hall–Kier alpha value is -1.26. The molecular formula is C15H20ClNO3. The number of nitrogens with zero attached hydrogens (tertiary/aromatic N) is 1. The second-order valence-electron chi connectivity index (χ2n) is 6.44. The molecule has 0 unspecified atom stereocenters. The van der Waals surface area contributed by atoms with E-state index in [1.165, 1.54) is 6.07 Å². The summed E-state index contributed by atoms with van der Waals surface area (Å²) >= 11 is 5.79. The van der Waals surface area contributed by atoms with E-state index in [-0.39, 0.29) is 17.2 Å². The van der Waals surface area contributed by atoms with E-state index in [1.54, 1.807) is 17.0 Å². The summed E-state index contributed by atoms with van der Waals surface area (Å²) in [5, 5.41) is 10.3. The predicted octanol–water partition coefficient (Wildman–Crippen LogP) is 3.08. The third-order valence-electron chi connectivity index (χ3n) is 3.17. The van der Waals surface area contributed by atoms with Gasteiger partial charge in [-0.2, -0.15) is 0 Å². The summed E-state index contributed by atoms with van der Waals surface area (Å²) in [5.41, 5.74) is -0.568. The number of rotatable bonds is 1. The van der Waals surface area contributed by atoms with Gasteiger partial charge in [0.05, 0.1) is 16.8 Å². The van der Waals surface area contributed by atoms with Crippen LogP contribution in [0.1, 0.15) is 38.1 Å². The molecule has 1 saturated heterocycles. The van der Waals surface area contributed by atoms with Gasteiger partial charge in [0.25, 0.3) is 5.91 Å². The van der Waals surface area contributed by atoms with E-state index in [9.17, 15) is 9.90 Å². The molecule has 1 aromatic carbocycles. The van der Waals surface area contributed by atoms with Gasteiger partial charge in [-0.25, -0.2) is 0 Å². The SMILES string of the molecule is CC1(C)CN(C(=O)c2ccc(Cl)cc2O)CC(C)(C)O1. The summed E-state index contributed by atoms with van der Waals surface area (Å²) in [6.45, 7) is 8.78. The molecule has 1 heterocycles. The van der Waals surface area contributed by atoms with Gasteiger partial charge in [-0.05, 0) is 45.9 Å². The van der Waals surface area contributed by atoms with E-state index in [4.69, 9.17) is 16.3 Å². The van der Waals surface area contributed by atoms with E-state index in [1.807, 2.05) is 27.7 Å². The highest BCUT2D eigenvalue weighted by Gasteiger charge is 2.40. The second kappa shape index (κ2) is 4.93. The Morgan fingerprint density at radius 1 is 1.25 bits per heavy atom. The van der Waals surface area contributed by atoms with E-state index in [2.05, 4.69) is 0 Å². The minimum absolute atomic E-state index is 0.0930. The Morgan fingerprint density at radius 2 is 1.80 bits per heavy atom. The molecule has 20 heavy (non-hydrogen) atoms. The van der Waals surface area contributed by atoms with Crippen molar-refractivity contribution in [1.82, 2.24) is 4.90 Å². The van der Waals surface area contributed by atoms with Gasteiger partial charge in [0.2, 0.25) is 0 Å². The average Bonchev–Trinajstić information content (AvgIpc) is 2.23. The van der Waals surface area contributed by atoms with Gasteiger partial charge < -0.3 is 14.7 Å². The van der Waals surface area contributed by atoms with Crippen LogP contribution in [0.3, 0.4) is 0 Å². The summed E-state index contributed by atoms with van der Waals surface area (Å²) < 4.78 is 5.95. The smallest absolute Gasteiger partial charge is 0.257 e. The van der Waals surface area contributed by atoms with Crippen molar-refractivity contribution in [3.8, 4) is 5.75 Å². The number of carbonyl (C=O) groups excluding carboxylic acids is 1. The van der Waals surface area contributed by atoms with Crippen LogP contribution in [0.4, 0.5) is 0 Å². The van der Waals surface area contributed by atoms with Crippen molar-refractivity contribution in [2.24, 2.45) is 0 Å². The molecule has 4 nitrogen and oxygen atoms in total. The lowest BCUT2D eigenvalue weighted by molar-refractivity contribution is -0.171. The van der Waals surface area contributed by atoms with Crippen LogP contribution in [0.5, 0.6) is 5.75 Å². The zero-order chi connectivity index (χ0) is 15.1. The Balaban J connectivity index is 2.28. The van der Waals surface area contributed by atoms with Crippen LogP contribution in [0, 0.1) is 0 Å². The predicted molar refractivity (Wildman–Crippen MR) is 78.3 cm³/mol. The fraction of sp³-hybridized carbons (Fsp3) is 0.533. The van der Waals surface area contributed by atoms with E-state index in [0.29, 0.717) is 18.1 Å². The maximum atomic E-state index is 12.6. The zero-order valence-electron chi connectivity index (χ0n) is 12.2. The molecule has 1 aromatic rings. The first-order chi connectivity index (χ1) is 9.10. The maximum Gasteiger partial charge on any atom is 0.257 e. The van der Waals surface area contributed by atoms with Gasteiger partial charge in [-0.15, -0.1) is 0 Å². The molecule has 110 valence electrons. The van der Waals surface area contributed by atoms with Crippen LogP contribution in [0.2, 0.25) is 5.02 Å². The Kier molecular flexibility index (Phi) is 3.73. The molecule has 1 amide bonds. The summed E-state index contributed by atoms with van der Waals surface area (Å²) in [5.74, 6) is -0.298. The minimum atomic E-state index is -0.417. The molecule has 0 aromatic heterocycles. The molecule has 0 atom stereocenters. The quantitative estimate of drug-likeness (QED) is 0.866. The third-order valence-corrected chi connectivity index (χ3v) is 3.41. The number of carbonyl (C=O) groups is 1. The summed E-state index contributed by atoms with van der Waals surface area (Å²) in [6.07, 6.45) is 0. The topological polar surface area (TPSA) is 49.8 Å². The molecule has 0 bridgehead atoms. The number of aromatic hydroxyl groups is 1. The van der Waals surface area contributed by atoms with Crippen LogP contribution >= 0.6 is 11.6 Å². The third kappa shape index (κ3) is 3.25. The van der Waals surface area contributed by atoms with Gasteiger partial charge in [0.15, 0.2) is 0 Å². The number of benzene rings is 1. The van der Waals surface area contributed by atoms with Gasteiger partial charge in [0, 0.05) is 18.1 Å². The molecular weight excluding hydrogens is 278 g/mol. The van der Waals surface area contributed by atoms with Gasteiger partial charge >= 0.3 is 0 Å². The van der Waals surface area contributed by atoms with Crippen molar-refractivity contribution in [2.45, 2.75) is 38.9 Å². The molecule has 0 radical (unpaired) electrons. The minimum Gasteiger partial charge on any atom is -0.507 e. The normalized spacial score (nSPS) is 20.8. The van der Waals surface area contributed by atoms with Crippen LogP contribution in [-0.4, -0.2) is 40.2 Å². The highest BCUT2D eigenvalue weighted by Crippen LogP contribution is 2.30. The number of morpholine rings is 1. The molecule has 0 spiro atoms. The number of hydrogen-bond acceptors (Lipinski definition) is 3. The first kappa shape index (κ1) is 15.1. The van der Waals surface area contributed by atoms with Crippen LogP contribution in [0.25, 0.3) is 0 Å². The van der Waals surface area contributed by atoms with Crippen molar-refractivity contribution in [3.05, 3.63) is 28.8 Å². The van der Waals surface area contributed by atoms with Gasteiger partial charge in [-0.1, -0.05) is 11.6 Å². The zero-order valence-corrected chi connectivity index (χ0v) is 13.0. The van der Waals surface area contributed by atoms with E-state index < -0.39 is 11.2 Å². The Bertz CT molecular complexity index is 524. The molecule has 1 fully saturated rings. The molecule has 0 aliphatic carbocycles. The number of halogens is 1. The molecule has 1 aliphatic rings. The van der Waals surface area contributed by atoms with Gasteiger partial charge in [-0.3, -0.25) is 4.79 Å². The molecule has 0 saturated carbocycles. The summed E-state index contributed by atoms with van der Waals surface area (Å²) in [7, 11) is 0. The van der Waals surface area contributed by atoms with Gasteiger partial charge in [0.1, 0.15) is 5.75 Å². The monoisotopic (exact) mass is 297 g/mol. The van der Waals surface area contributed by atoms with Crippen molar-refractivity contribution in [3.63, 3.8) is 0 Å². The molecule has 1 N–H and O–H groups in total. The lowest BCUT2D eigenvalue weighted by Crippen LogP contribution is -2.58. The molecule has 2 rings (SSSR count). The number of phenols is 1. The van der Waals surface area contributed by atoms with Crippen LogP contribution < -0.4 is 0 Å². The van der Waals surface area contributed by atoms with E-state index >= 15 is 0 Å². The summed E-state index contributed by atoms with van der Waals surface area (Å²) in [4.78, 5) is 14.3. The number of phenolic OH excluding ortho intramolecular Hbond substituents is 1. The fourth-order valence-electron chi connectivity index (χ4n) is 2.79. The Labute approximate surface area is 124 Å². The highest BCUT2D eigenvalue weighted by molar-refractivity contribution is 6.30. The first-order valence-corrected chi connectivity index (χ1v) is 6.95. The average molecular weight is 298 g/mol. The number of ether oxygens (including phenoxy) is 1. The van der Waals surface area contributed by atoms with Crippen LogP contribution in [0.15, 0.2) is 18.2 Å². The van der Waals surface area contributed by atoms with E-state index in [0.717, 1.165) is 0 Å². The number of amides is 1. The highest BCUT2D eigenvalue weighted by atomic mass is 35.5. The number of hydrogen-bond donors (Lipinski definition) is 1. The van der Waals surface area contributed by atoms with Crippen molar-refractivity contribution in [1.29, 1.82) is 0 Å². The van der Waals surface area contributed by atoms with Crippen molar-refractivity contribution >= 4 is 17.5 Å². The second-order valence-corrected chi connectivity index (χ2v) is 6.88. The lowest BCUT2D eigenvalue weighted by Gasteiger charge is -2.47. The van der Waals surface area contributed by atoms with Crippen molar-refractivity contribution < 1.29 is 14.6 Å². The summed E-state index contributed by atoms with van der Waals surface area (Å²) in [6, 6.07) is 4.53. The fourth-order valence-corrected chi connectivity index (χ4v) is 2.95. The molecule has 5 heteroatoms. The maximum absolute atomic E-state index is 12.6. The van der Waals surface area contributed by atoms with Crippen molar-refractivity contribution in [2.75, 3.05) is 13.1 Å². The first-order valence-electron chi connectivity index (χ1n) is 6.58. The standard InChI is InChI=1S/C15H20ClNO3/c1-14(2)8-17(9-15(3,4)20-14)13(19)11-6-5-10(16)7-12(11)18/h5-7,18H,8-9H2,1-4H3. The lowest BCUT2D eigenvalue weighted by atomic mass is 9.98. The Morgan fingerprint density at radius 3 is 2.30 bits per heavy atom. The molecule has 1 aliphatic heterocycles. The largest absolute Gasteiger partial charge is 0.507 e. The van der Waals surface area contributed by atoms with Crippen LogP contribution in [-0.2, 0) is 4.74 Å².